The van der Waals surface area contributed by atoms with E-state index in [-0.39, 0.29) is 0 Å². The lowest BCUT2D eigenvalue weighted by Crippen LogP contribution is -2.09. The maximum absolute atomic E-state index is 2.40. The highest BCUT2D eigenvalue weighted by molar-refractivity contribution is 4.94. The Balaban J connectivity index is 2.29. The van der Waals surface area contributed by atoms with E-state index < -0.39 is 0 Å². The van der Waals surface area contributed by atoms with Crippen molar-refractivity contribution in [2.24, 2.45) is 17.3 Å². The van der Waals surface area contributed by atoms with Gasteiger partial charge in [0.2, 0.25) is 0 Å². The van der Waals surface area contributed by atoms with Gasteiger partial charge in [-0.2, -0.15) is 0 Å². The molecule has 0 aromatic carbocycles. The second-order valence-corrected chi connectivity index (χ2v) is 5.32. The molecule has 0 aromatic heterocycles. The molecule has 1 aliphatic rings. The van der Waals surface area contributed by atoms with Gasteiger partial charge in [-0.05, 0) is 42.9 Å². The highest BCUT2D eigenvalue weighted by Crippen LogP contribution is 2.55. The van der Waals surface area contributed by atoms with Crippen LogP contribution < -0.4 is 0 Å². The zero-order valence-corrected chi connectivity index (χ0v) is 9.19. The molecule has 0 aliphatic heterocycles. The third kappa shape index (κ3) is 2.80. The molecule has 1 saturated carbocycles. The van der Waals surface area contributed by atoms with Crippen LogP contribution in [-0.2, 0) is 0 Å². The van der Waals surface area contributed by atoms with Crippen LogP contribution in [0.25, 0.3) is 0 Å². The van der Waals surface area contributed by atoms with Crippen LogP contribution >= 0.6 is 0 Å². The summed E-state index contributed by atoms with van der Waals surface area (Å²) in [6, 6.07) is 0. The molecule has 1 fully saturated rings. The Kier molecular flexibility index (Phi) is 3.20. The highest BCUT2D eigenvalue weighted by atomic mass is 14.5. The zero-order valence-electron chi connectivity index (χ0n) is 9.19. The second-order valence-electron chi connectivity index (χ2n) is 5.32. The van der Waals surface area contributed by atoms with Gasteiger partial charge in [-0.15, -0.1) is 0 Å². The van der Waals surface area contributed by atoms with Crippen molar-refractivity contribution >= 4 is 0 Å². The Morgan fingerprint density at radius 2 is 1.67 bits per heavy atom. The van der Waals surface area contributed by atoms with Crippen LogP contribution in [0.5, 0.6) is 0 Å². The molecule has 0 radical (unpaired) electrons. The lowest BCUT2D eigenvalue weighted by Gasteiger charge is -2.20. The molecule has 1 aliphatic carbocycles. The molecule has 1 rings (SSSR count). The van der Waals surface area contributed by atoms with Crippen LogP contribution in [0.4, 0.5) is 0 Å². The number of rotatable bonds is 5. The normalized spacial score (nSPS) is 22.8. The fourth-order valence-corrected chi connectivity index (χ4v) is 2.42. The van der Waals surface area contributed by atoms with Crippen molar-refractivity contribution in [2.75, 3.05) is 0 Å². The molecule has 0 heterocycles. The van der Waals surface area contributed by atoms with Crippen molar-refractivity contribution < 1.29 is 0 Å². The summed E-state index contributed by atoms with van der Waals surface area (Å²) < 4.78 is 0. The van der Waals surface area contributed by atoms with Gasteiger partial charge >= 0.3 is 0 Å². The summed E-state index contributed by atoms with van der Waals surface area (Å²) in [5, 5.41) is 0. The van der Waals surface area contributed by atoms with Crippen LogP contribution in [0.1, 0.15) is 59.8 Å². The summed E-state index contributed by atoms with van der Waals surface area (Å²) in [5.41, 5.74) is 0.795. The fourth-order valence-electron chi connectivity index (χ4n) is 2.42. The zero-order chi connectivity index (χ0) is 9.19. The summed E-state index contributed by atoms with van der Waals surface area (Å²) >= 11 is 0. The molecule has 0 spiro atoms. The summed E-state index contributed by atoms with van der Waals surface area (Å²) in [7, 11) is 0. The van der Waals surface area contributed by atoms with Crippen LogP contribution in [0.15, 0.2) is 0 Å². The van der Waals surface area contributed by atoms with E-state index in [9.17, 15) is 0 Å². The van der Waals surface area contributed by atoms with Gasteiger partial charge in [0.25, 0.3) is 0 Å². The number of hydrogen-bond acceptors (Lipinski definition) is 0. The first-order valence-electron chi connectivity index (χ1n) is 5.58. The topological polar surface area (TPSA) is 0 Å². The molecular formula is C12H24. The minimum absolute atomic E-state index is 0.795. The molecule has 0 bridgehead atoms. The summed E-state index contributed by atoms with van der Waals surface area (Å²) in [4.78, 5) is 0. The maximum atomic E-state index is 2.40. The van der Waals surface area contributed by atoms with Crippen molar-refractivity contribution in [3.63, 3.8) is 0 Å². The molecule has 1 unspecified atom stereocenters. The predicted molar refractivity (Wildman–Crippen MR) is 55.2 cm³/mol. The van der Waals surface area contributed by atoms with Crippen molar-refractivity contribution in [3.8, 4) is 0 Å². The first-order chi connectivity index (χ1) is 5.58. The molecular weight excluding hydrogens is 144 g/mol. The van der Waals surface area contributed by atoms with E-state index >= 15 is 0 Å². The Morgan fingerprint density at radius 1 is 1.08 bits per heavy atom. The second kappa shape index (κ2) is 3.81. The third-order valence-electron chi connectivity index (χ3n) is 3.28. The van der Waals surface area contributed by atoms with Crippen LogP contribution in [-0.4, -0.2) is 0 Å². The quantitative estimate of drug-likeness (QED) is 0.575. The summed E-state index contributed by atoms with van der Waals surface area (Å²) in [6.07, 6.45) is 7.34. The van der Waals surface area contributed by atoms with Crippen LogP contribution in [0, 0.1) is 17.3 Å². The van der Waals surface area contributed by atoms with E-state index in [4.69, 9.17) is 0 Å². The van der Waals surface area contributed by atoms with Gasteiger partial charge < -0.3 is 0 Å². The van der Waals surface area contributed by atoms with Crippen molar-refractivity contribution in [2.45, 2.75) is 59.8 Å². The highest BCUT2D eigenvalue weighted by Gasteiger charge is 2.42. The van der Waals surface area contributed by atoms with E-state index in [2.05, 4.69) is 27.7 Å². The van der Waals surface area contributed by atoms with Gasteiger partial charge in [0.05, 0.1) is 0 Å². The van der Waals surface area contributed by atoms with E-state index in [1.54, 1.807) is 0 Å². The van der Waals surface area contributed by atoms with Crippen molar-refractivity contribution in [1.82, 2.24) is 0 Å². The first-order valence-corrected chi connectivity index (χ1v) is 5.58. The van der Waals surface area contributed by atoms with Gasteiger partial charge in [-0.1, -0.05) is 34.1 Å². The van der Waals surface area contributed by atoms with E-state index in [1.807, 2.05) is 0 Å². The van der Waals surface area contributed by atoms with Crippen LogP contribution in [0.3, 0.4) is 0 Å². The SMILES string of the molecule is CCC(C)CC1(CC(C)C)CC1. The van der Waals surface area contributed by atoms with Gasteiger partial charge in [-0.25, -0.2) is 0 Å². The Hall–Kier alpha value is 0. The molecule has 1 atom stereocenters. The lowest BCUT2D eigenvalue weighted by molar-refractivity contribution is 0.306. The predicted octanol–water partition coefficient (Wildman–Crippen LogP) is 4.25. The Morgan fingerprint density at radius 3 is 2.00 bits per heavy atom. The lowest BCUT2D eigenvalue weighted by atomic mass is 9.85. The van der Waals surface area contributed by atoms with Crippen molar-refractivity contribution in [3.05, 3.63) is 0 Å². The summed E-state index contributed by atoms with van der Waals surface area (Å²) in [5.74, 6) is 1.85. The Labute approximate surface area is 77.7 Å². The van der Waals surface area contributed by atoms with E-state index in [0.717, 1.165) is 17.3 Å². The van der Waals surface area contributed by atoms with Gasteiger partial charge in [0, 0.05) is 0 Å². The minimum Gasteiger partial charge on any atom is -0.0651 e. The minimum atomic E-state index is 0.795. The van der Waals surface area contributed by atoms with E-state index in [0.29, 0.717) is 0 Å². The van der Waals surface area contributed by atoms with Gasteiger partial charge in [-0.3, -0.25) is 0 Å². The molecule has 12 heavy (non-hydrogen) atoms. The number of hydrogen-bond donors (Lipinski definition) is 0. The van der Waals surface area contributed by atoms with Crippen molar-refractivity contribution in [1.29, 1.82) is 0 Å². The average Bonchev–Trinajstić information content (AvgIpc) is 2.67. The smallest absolute Gasteiger partial charge is 0.0292 e. The molecule has 72 valence electrons. The first kappa shape index (κ1) is 10.1. The Bertz CT molecular complexity index is 131. The van der Waals surface area contributed by atoms with Gasteiger partial charge in [0.1, 0.15) is 0 Å². The molecule has 0 N–H and O–H groups in total. The molecule has 0 amide bonds. The molecule has 0 nitrogen and oxygen atoms in total. The average molecular weight is 168 g/mol. The molecule has 0 heteroatoms. The third-order valence-corrected chi connectivity index (χ3v) is 3.28. The monoisotopic (exact) mass is 168 g/mol. The van der Waals surface area contributed by atoms with Crippen LogP contribution in [0.2, 0.25) is 0 Å². The largest absolute Gasteiger partial charge is 0.0651 e. The molecule has 0 aromatic rings. The maximum Gasteiger partial charge on any atom is -0.0292 e. The standard InChI is InChI=1S/C12H24/c1-5-11(4)9-12(6-7-12)8-10(2)3/h10-11H,5-9H2,1-4H3. The van der Waals surface area contributed by atoms with E-state index in [1.165, 1.54) is 32.1 Å². The summed E-state index contributed by atoms with van der Waals surface area (Å²) in [6.45, 7) is 9.43. The molecule has 0 saturated heterocycles. The fraction of sp³-hybridized carbons (Fsp3) is 1.00. The van der Waals surface area contributed by atoms with Gasteiger partial charge in [0.15, 0.2) is 0 Å².